The first-order chi connectivity index (χ1) is 9.65. The normalized spacial score (nSPS) is 19.3. The van der Waals surface area contributed by atoms with Crippen LogP contribution in [0.1, 0.15) is 26.7 Å². The summed E-state index contributed by atoms with van der Waals surface area (Å²) in [6.07, 6.45) is 1.45. The van der Waals surface area contributed by atoms with E-state index in [2.05, 4.69) is 13.8 Å². The fourth-order valence-electron chi connectivity index (χ4n) is 2.41. The number of piperidine rings is 1. The molecule has 1 aliphatic heterocycles. The molecular formula is C13H19N3O4S. The molecule has 1 saturated heterocycles. The van der Waals surface area contributed by atoms with E-state index in [9.17, 15) is 18.5 Å². The molecule has 0 radical (unpaired) electrons. The van der Waals surface area contributed by atoms with E-state index in [0.717, 1.165) is 12.8 Å². The number of nitrogens with two attached hydrogens (primary N) is 1. The topological polar surface area (TPSA) is 107 Å². The van der Waals surface area contributed by atoms with Crippen molar-refractivity contribution in [3.8, 4) is 0 Å². The van der Waals surface area contributed by atoms with Crippen molar-refractivity contribution >= 4 is 21.4 Å². The summed E-state index contributed by atoms with van der Waals surface area (Å²) in [7, 11) is -3.90. The van der Waals surface area contributed by atoms with Gasteiger partial charge >= 0.3 is 5.69 Å². The van der Waals surface area contributed by atoms with E-state index in [4.69, 9.17) is 5.73 Å². The van der Waals surface area contributed by atoms with E-state index in [1.165, 1.54) is 22.5 Å². The molecule has 2 N–H and O–H groups in total. The second-order valence-corrected chi connectivity index (χ2v) is 7.93. The molecule has 1 aromatic carbocycles. The molecule has 8 heteroatoms. The Morgan fingerprint density at radius 3 is 2.38 bits per heavy atom. The smallest absolute Gasteiger partial charge is 0.312 e. The van der Waals surface area contributed by atoms with Crippen molar-refractivity contribution in [2.45, 2.75) is 31.6 Å². The van der Waals surface area contributed by atoms with Gasteiger partial charge in [0.1, 0.15) is 5.69 Å². The molecule has 0 atom stereocenters. The van der Waals surface area contributed by atoms with Crippen LogP contribution in [0, 0.1) is 15.5 Å². The Balaban J connectivity index is 2.42. The van der Waals surface area contributed by atoms with E-state index in [-0.39, 0.29) is 16.0 Å². The van der Waals surface area contributed by atoms with Crippen molar-refractivity contribution < 1.29 is 13.3 Å². The minimum atomic E-state index is -3.90. The molecule has 0 aliphatic carbocycles. The zero-order chi connectivity index (χ0) is 15.8. The molecule has 2 rings (SSSR count). The van der Waals surface area contributed by atoms with Gasteiger partial charge in [0.2, 0.25) is 10.0 Å². The highest BCUT2D eigenvalue weighted by Gasteiger charge is 2.37. The van der Waals surface area contributed by atoms with Gasteiger partial charge in [0.15, 0.2) is 4.90 Å². The van der Waals surface area contributed by atoms with Gasteiger partial charge in [0.25, 0.3) is 0 Å². The van der Waals surface area contributed by atoms with Gasteiger partial charge in [-0.2, -0.15) is 4.31 Å². The Morgan fingerprint density at radius 1 is 1.29 bits per heavy atom. The molecule has 1 heterocycles. The van der Waals surface area contributed by atoms with E-state index in [0.29, 0.717) is 13.1 Å². The van der Waals surface area contributed by atoms with Crippen molar-refractivity contribution in [2.75, 3.05) is 18.8 Å². The van der Waals surface area contributed by atoms with Crippen molar-refractivity contribution in [1.29, 1.82) is 0 Å². The summed E-state index contributed by atoms with van der Waals surface area (Å²) >= 11 is 0. The van der Waals surface area contributed by atoms with Gasteiger partial charge < -0.3 is 5.73 Å². The van der Waals surface area contributed by atoms with E-state index >= 15 is 0 Å². The number of anilines is 1. The Hall–Kier alpha value is -1.67. The molecule has 0 unspecified atom stereocenters. The number of nitrogen functional groups attached to an aromatic ring is 1. The lowest BCUT2D eigenvalue weighted by atomic mass is 9.83. The highest BCUT2D eigenvalue weighted by molar-refractivity contribution is 7.89. The fraction of sp³-hybridized carbons (Fsp3) is 0.538. The Bertz CT molecular complexity index is 660. The number of nitro groups is 1. The molecule has 0 amide bonds. The molecule has 0 spiro atoms. The van der Waals surface area contributed by atoms with Crippen molar-refractivity contribution in [3.63, 3.8) is 0 Å². The predicted molar refractivity (Wildman–Crippen MR) is 79.3 cm³/mol. The molecule has 1 fully saturated rings. The zero-order valence-electron chi connectivity index (χ0n) is 12.1. The highest BCUT2D eigenvalue weighted by atomic mass is 32.2. The first-order valence-electron chi connectivity index (χ1n) is 6.68. The first kappa shape index (κ1) is 15.7. The average molecular weight is 313 g/mol. The van der Waals surface area contributed by atoms with Gasteiger partial charge in [-0.25, -0.2) is 8.42 Å². The maximum absolute atomic E-state index is 12.6. The number of nitro benzene ring substituents is 1. The Morgan fingerprint density at radius 2 is 1.86 bits per heavy atom. The number of sulfonamides is 1. The average Bonchev–Trinajstić information content (AvgIpc) is 2.37. The number of hydrogen-bond donors (Lipinski definition) is 1. The third-order valence-corrected chi connectivity index (χ3v) is 5.84. The molecule has 0 bridgehead atoms. The van der Waals surface area contributed by atoms with Crippen molar-refractivity contribution in [3.05, 3.63) is 28.3 Å². The van der Waals surface area contributed by atoms with Crippen LogP contribution in [0.3, 0.4) is 0 Å². The van der Waals surface area contributed by atoms with Crippen molar-refractivity contribution in [1.82, 2.24) is 4.31 Å². The lowest BCUT2D eigenvalue weighted by molar-refractivity contribution is -0.386. The zero-order valence-corrected chi connectivity index (χ0v) is 12.9. The van der Waals surface area contributed by atoms with Crippen LogP contribution in [-0.4, -0.2) is 30.7 Å². The predicted octanol–water partition coefficient (Wildman–Crippen LogP) is 1.99. The summed E-state index contributed by atoms with van der Waals surface area (Å²) in [6, 6.07) is 3.99. The number of benzene rings is 1. The second-order valence-electron chi connectivity index (χ2n) is 6.02. The Labute approximate surface area is 123 Å². The number of para-hydroxylation sites is 1. The summed E-state index contributed by atoms with van der Waals surface area (Å²) in [5, 5.41) is 11.1. The monoisotopic (exact) mass is 313 g/mol. The van der Waals surface area contributed by atoms with Crippen molar-refractivity contribution in [2.24, 2.45) is 5.41 Å². The van der Waals surface area contributed by atoms with E-state index in [1.807, 2.05) is 0 Å². The molecule has 1 aliphatic rings. The van der Waals surface area contributed by atoms with E-state index < -0.39 is 20.6 Å². The highest BCUT2D eigenvalue weighted by Crippen LogP contribution is 2.36. The van der Waals surface area contributed by atoms with Gasteiger partial charge in [0, 0.05) is 13.1 Å². The standard InChI is InChI=1S/C13H19N3O4S/c1-13(2)6-8-15(9-7-13)21(19,20)11-5-3-4-10(14)12(11)16(17)18/h3-5H,6-9,14H2,1-2H3. The van der Waals surface area contributed by atoms with Gasteiger partial charge in [-0.15, -0.1) is 0 Å². The van der Waals surface area contributed by atoms with Gasteiger partial charge in [-0.3, -0.25) is 10.1 Å². The SMILES string of the molecule is CC1(C)CCN(S(=O)(=O)c2cccc(N)c2[N+](=O)[O-])CC1. The first-order valence-corrected chi connectivity index (χ1v) is 8.12. The van der Waals surface area contributed by atoms with Crippen LogP contribution in [0.2, 0.25) is 0 Å². The molecule has 21 heavy (non-hydrogen) atoms. The summed E-state index contributed by atoms with van der Waals surface area (Å²) in [4.78, 5) is 10.1. The molecular weight excluding hydrogens is 294 g/mol. The molecule has 1 aromatic rings. The summed E-state index contributed by atoms with van der Waals surface area (Å²) < 4.78 is 26.6. The van der Waals surface area contributed by atoms with Crippen LogP contribution in [0.15, 0.2) is 23.1 Å². The fourth-order valence-corrected chi connectivity index (χ4v) is 4.04. The van der Waals surface area contributed by atoms with Crippen LogP contribution in [0.4, 0.5) is 11.4 Å². The van der Waals surface area contributed by atoms with Gasteiger partial charge in [-0.05, 0) is 30.4 Å². The third kappa shape index (κ3) is 3.01. The maximum Gasteiger partial charge on any atom is 0.312 e. The molecule has 0 aromatic heterocycles. The molecule has 116 valence electrons. The second kappa shape index (κ2) is 5.27. The molecule has 7 nitrogen and oxygen atoms in total. The van der Waals surface area contributed by atoms with Crippen LogP contribution >= 0.6 is 0 Å². The van der Waals surface area contributed by atoms with Gasteiger partial charge in [0.05, 0.1) is 4.92 Å². The summed E-state index contributed by atoms with van der Waals surface area (Å²) in [6.45, 7) is 4.89. The lowest BCUT2D eigenvalue weighted by Crippen LogP contribution is -2.41. The van der Waals surface area contributed by atoms with E-state index in [1.54, 1.807) is 0 Å². The number of hydrogen-bond acceptors (Lipinski definition) is 5. The van der Waals surface area contributed by atoms with Gasteiger partial charge in [-0.1, -0.05) is 19.9 Å². The minimum absolute atomic E-state index is 0.0909. The molecule has 0 saturated carbocycles. The van der Waals surface area contributed by atoms with Crippen LogP contribution in [-0.2, 0) is 10.0 Å². The maximum atomic E-state index is 12.6. The summed E-state index contributed by atoms with van der Waals surface area (Å²) in [5.41, 5.74) is 4.98. The van der Waals surface area contributed by atoms with Crippen LogP contribution in [0.5, 0.6) is 0 Å². The van der Waals surface area contributed by atoms with Crippen LogP contribution in [0.25, 0.3) is 0 Å². The Kier molecular flexibility index (Phi) is 3.94. The summed E-state index contributed by atoms with van der Waals surface area (Å²) in [5.74, 6) is 0. The van der Waals surface area contributed by atoms with Crippen LogP contribution < -0.4 is 5.73 Å². The number of rotatable bonds is 3. The third-order valence-electron chi connectivity index (χ3n) is 3.91. The lowest BCUT2D eigenvalue weighted by Gasteiger charge is -2.35. The number of nitrogens with zero attached hydrogens (tertiary/aromatic N) is 2. The largest absolute Gasteiger partial charge is 0.393 e. The minimum Gasteiger partial charge on any atom is -0.393 e. The quantitative estimate of drug-likeness (QED) is 0.521.